The van der Waals surface area contributed by atoms with Gasteiger partial charge in [-0.15, -0.1) is 8.42 Å². The summed E-state index contributed by atoms with van der Waals surface area (Å²) in [5, 5.41) is 1.41. The van der Waals surface area contributed by atoms with Gasteiger partial charge >= 0.3 is 10.1 Å². The second kappa shape index (κ2) is 6.83. The average molecular weight is 363 g/mol. The van der Waals surface area contributed by atoms with Crippen LogP contribution in [0.15, 0.2) is 22.2 Å². The number of hydrogen-bond donors (Lipinski definition) is 0. The van der Waals surface area contributed by atoms with Crippen LogP contribution in [-0.2, 0) is 20.0 Å². The number of halogens is 1. The number of nitrogens with zero attached hydrogens (tertiary/aromatic N) is 3. The Hall–Kier alpha value is -2.01. The molecule has 0 saturated heterocycles. The Balaban J connectivity index is 3.40. The fourth-order valence-corrected chi connectivity index (χ4v) is 4.98. The molecule has 0 aromatic heterocycles. The van der Waals surface area contributed by atoms with Crippen LogP contribution in [0.4, 0.5) is 11.4 Å². The van der Waals surface area contributed by atoms with Crippen molar-refractivity contribution in [1.29, 1.82) is 0 Å². The maximum atomic E-state index is 12.1. The molecule has 8 nitrogen and oxygen atoms in total. The van der Waals surface area contributed by atoms with Gasteiger partial charge in [0, 0.05) is 9.01 Å². The van der Waals surface area contributed by atoms with E-state index in [2.05, 4.69) is 18.9 Å². The van der Waals surface area contributed by atoms with Crippen LogP contribution in [0, 0.1) is 17.1 Å². The van der Waals surface area contributed by atoms with Gasteiger partial charge in [-0.2, -0.15) is 0 Å². The second-order valence-corrected chi connectivity index (χ2v) is 8.09. The topological polar surface area (TPSA) is 101 Å². The molecule has 1 rings (SSSR count). The third-order valence-electron chi connectivity index (χ3n) is 2.20. The SMILES string of the molecule is [C-]#[N+]c1cc(Cl)c(S(=O)(=O)CS(=O)(=O)[O+]=NCC)cc1[N+]#[C-]. The van der Waals surface area contributed by atoms with Crippen molar-refractivity contribution in [3.8, 4) is 0 Å². The molecule has 0 spiro atoms. The monoisotopic (exact) mass is 362 g/mol. The molecule has 1 aromatic carbocycles. The number of nitroso groups, excluding NO2 is 1. The second-order valence-electron chi connectivity index (χ2n) is 3.81. The Bertz CT molecular complexity index is 908. The third kappa shape index (κ3) is 4.24. The van der Waals surface area contributed by atoms with Gasteiger partial charge in [-0.1, -0.05) is 11.6 Å². The standard InChI is InChI=1S/C11H9ClN3O5S2/c1-4-15-20-22(18,19)7-21(16,17)11-6-10(14-3)9(13-2)5-8(11)12/h5-6H,4,7H2,1H3/q+1. The Labute approximate surface area is 132 Å². The lowest BCUT2D eigenvalue weighted by atomic mass is 10.3. The molecule has 1 aromatic rings. The van der Waals surface area contributed by atoms with Gasteiger partial charge in [0.05, 0.1) is 18.0 Å². The average Bonchev–Trinajstić information content (AvgIpc) is 2.43. The number of sulfone groups is 1. The van der Waals surface area contributed by atoms with E-state index < -0.39 is 29.9 Å². The summed E-state index contributed by atoms with van der Waals surface area (Å²) >= 11 is 5.77. The van der Waals surface area contributed by atoms with Gasteiger partial charge in [0.15, 0.2) is 11.4 Å². The van der Waals surface area contributed by atoms with Crippen molar-refractivity contribution in [2.45, 2.75) is 11.8 Å². The van der Waals surface area contributed by atoms with Crippen LogP contribution in [0.25, 0.3) is 9.69 Å². The maximum Gasteiger partial charge on any atom is 0.549 e. The minimum atomic E-state index is -4.45. The summed E-state index contributed by atoms with van der Waals surface area (Å²) in [5.74, 6) is 0. The molecule has 0 fully saturated rings. The van der Waals surface area contributed by atoms with E-state index in [9.17, 15) is 16.8 Å². The first kappa shape index (κ1) is 18.0. The molecule has 0 aliphatic carbocycles. The molecular weight excluding hydrogens is 354 g/mol. The van der Waals surface area contributed by atoms with Crippen molar-refractivity contribution in [1.82, 2.24) is 0 Å². The van der Waals surface area contributed by atoms with E-state index in [4.69, 9.17) is 24.7 Å². The van der Waals surface area contributed by atoms with E-state index in [0.717, 1.165) is 12.1 Å². The van der Waals surface area contributed by atoms with Crippen LogP contribution < -0.4 is 0 Å². The van der Waals surface area contributed by atoms with Gasteiger partial charge in [0.25, 0.3) is 0 Å². The largest absolute Gasteiger partial charge is 0.549 e. The molecule has 116 valence electrons. The zero-order valence-electron chi connectivity index (χ0n) is 11.1. The Kier molecular flexibility index (Phi) is 5.60. The van der Waals surface area contributed by atoms with Gasteiger partial charge in [0.1, 0.15) is 11.7 Å². The van der Waals surface area contributed by atoms with E-state index in [-0.39, 0.29) is 22.9 Å². The number of hydrogen-bond acceptors (Lipinski definition) is 5. The van der Waals surface area contributed by atoms with Gasteiger partial charge in [-0.25, -0.2) is 8.42 Å². The predicted molar refractivity (Wildman–Crippen MR) is 81.3 cm³/mol. The quantitative estimate of drug-likeness (QED) is 0.593. The van der Waals surface area contributed by atoms with Crippen molar-refractivity contribution >= 4 is 42.9 Å². The predicted octanol–water partition coefficient (Wildman–Crippen LogP) is 2.82. The highest BCUT2D eigenvalue weighted by Gasteiger charge is 2.35. The molecule has 0 amide bonds. The third-order valence-corrected chi connectivity index (χ3v) is 6.36. The molecule has 0 atom stereocenters. The molecule has 0 aliphatic rings. The molecule has 0 bridgehead atoms. The molecule has 22 heavy (non-hydrogen) atoms. The lowest BCUT2D eigenvalue weighted by Gasteiger charge is -2.05. The summed E-state index contributed by atoms with van der Waals surface area (Å²) in [6.07, 6.45) is 0. The van der Waals surface area contributed by atoms with Crippen molar-refractivity contribution < 1.29 is 16.8 Å². The lowest BCUT2D eigenvalue weighted by molar-refractivity contribution is 0.592. The zero-order chi connectivity index (χ0) is 17.0. The highest BCUT2D eigenvalue weighted by Crippen LogP contribution is 2.36. The van der Waals surface area contributed by atoms with Crippen LogP contribution in [0.3, 0.4) is 0 Å². The molecule has 0 unspecified atom stereocenters. The highest BCUT2D eigenvalue weighted by atomic mass is 35.5. The number of benzene rings is 1. The first-order valence-electron chi connectivity index (χ1n) is 5.56. The highest BCUT2D eigenvalue weighted by molar-refractivity contribution is 8.09. The number of rotatable bonds is 5. The van der Waals surface area contributed by atoms with Crippen LogP contribution in [0.1, 0.15) is 6.92 Å². The first-order valence-corrected chi connectivity index (χ1v) is 9.17. The minimum absolute atomic E-state index is 0.0294. The summed E-state index contributed by atoms with van der Waals surface area (Å²) < 4.78 is 51.5. The Morgan fingerprint density at radius 3 is 2.23 bits per heavy atom. The van der Waals surface area contributed by atoms with Crippen molar-refractivity contribution in [2.24, 2.45) is 5.18 Å². The van der Waals surface area contributed by atoms with Crippen molar-refractivity contribution in [3.05, 3.63) is 44.0 Å². The normalized spacial score (nSPS) is 12.0. The van der Waals surface area contributed by atoms with E-state index in [1.54, 1.807) is 0 Å². The van der Waals surface area contributed by atoms with E-state index in [0.29, 0.717) is 0 Å². The van der Waals surface area contributed by atoms with Gasteiger partial charge in [0.2, 0.25) is 14.9 Å². The first-order chi connectivity index (χ1) is 10.2. The van der Waals surface area contributed by atoms with Gasteiger partial charge < -0.3 is 0 Å². The summed E-state index contributed by atoms with van der Waals surface area (Å²) in [5.41, 5.74) is -0.367. The fraction of sp³-hybridized carbons (Fsp3) is 0.273. The van der Waals surface area contributed by atoms with Crippen molar-refractivity contribution in [2.75, 3.05) is 11.6 Å². The molecule has 0 heterocycles. The fourth-order valence-electron chi connectivity index (χ4n) is 1.36. The van der Waals surface area contributed by atoms with Gasteiger partial charge in [-0.3, -0.25) is 9.69 Å². The van der Waals surface area contributed by atoms with E-state index >= 15 is 0 Å². The smallest absolute Gasteiger partial charge is 0.250 e. The van der Waals surface area contributed by atoms with Gasteiger partial charge in [-0.05, 0) is 19.1 Å². The zero-order valence-corrected chi connectivity index (χ0v) is 13.5. The molecule has 11 heteroatoms. The Morgan fingerprint density at radius 2 is 1.73 bits per heavy atom. The van der Waals surface area contributed by atoms with E-state index in [1.807, 2.05) is 0 Å². The summed E-state index contributed by atoms with van der Waals surface area (Å²) in [4.78, 5) is 5.50. The van der Waals surface area contributed by atoms with Crippen molar-refractivity contribution in [3.63, 3.8) is 0 Å². The van der Waals surface area contributed by atoms with E-state index in [1.165, 1.54) is 6.92 Å². The van der Waals surface area contributed by atoms with Crippen LogP contribution >= 0.6 is 11.6 Å². The van der Waals surface area contributed by atoms with Crippen LogP contribution in [0.5, 0.6) is 0 Å². The molecule has 0 aliphatic heterocycles. The summed E-state index contributed by atoms with van der Waals surface area (Å²) in [6, 6.07) is 1.86. The summed E-state index contributed by atoms with van der Waals surface area (Å²) in [6.45, 7) is 15.3. The molecule has 0 saturated carbocycles. The summed E-state index contributed by atoms with van der Waals surface area (Å²) in [7, 11) is -8.84. The molecular formula is C11H9ClN3O5S2+. The minimum Gasteiger partial charge on any atom is -0.250 e. The molecule has 0 radical (unpaired) electrons. The molecule has 0 N–H and O–H groups in total. The van der Waals surface area contributed by atoms with Crippen LogP contribution in [-0.4, -0.2) is 28.5 Å². The maximum absolute atomic E-state index is 12.1. The lowest BCUT2D eigenvalue weighted by Crippen LogP contribution is -2.15. The van der Waals surface area contributed by atoms with Crippen LogP contribution in [0.2, 0.25) is 5.02 Å². The Morgan fingerprint density at radius 1 is 1.18 bits per heavy atom.